The number of hydrogen-bond acceptors (Lipinski definition) is 3. The van der Waals surface area contributed by atoms with E-state index in [1.54, 1.807) is 0 Å². The van der Waals surface area contributed by atoms with Crippen LogP contribution < -0.4 is 10.6 Å². The van der Waals surface area contributed by atoms with Crippen molar-refractivity contribution in [3.8, 4) is 0 Å². The highest BCUT2D eigenvalue weighted by Crippen LogP contribution is 2.17. The van der Waals surface area contributed by atoms with Gasteiger partial charge in [0.1, 0.15) is 0 Å². The second-order valence-electron chi connectivity index (χ2n) is 7.92. The molecule has 0 aromatic carbocycles. The molecule has 2 saturated heterocycles. The Morgan fingerprint density at radius 3 is 2.58 bits per heavy atom. The fourth-order valence-corrected chi connectivity index (χ4v) is 4.22. The molecule has 2 aliphatic heterocycles. The van der Waals surface area contributed by atoms with Crippen molar-refractivity contribution in [3.63, 3.8) is 0 Å². The van der Waals surface area contributed by atoms with Crippen LogP contribution >= 0.6 is 0 Å². The molecule has 0 saturated carbocycles. The first-order chi connectivity index (χ1) is 11.6. The van der Waals surface area contributed by atoms with Crippen LogP contribution in [0.25, 0.3) is 0 Å². The molecule has 24 heavy (non-hydrogen) atoms. The largest absolute Gasteiger partial charge is 0.356 e. The topological polar surface area (TPSA) is 42.9 Å². The Hall–Kier alpha value is -0.810. The number of nitrogens with one attached hydrogen (secondary N) is 2. The maximum atomic E-state index is 4.41. The molecule has 2 N–H and O–H groups in total. The lowest BCUT2D eigenvalue weighted by molar-refractivity contribution is 0.159. The summed E-state index contributed by atoms with van der Waals surface area (Å²) in [7, 11) is 1.88. The van der Waals surface area contributed by atoms with Crippen molar-refractivity contribution < 1.29 is 0 Å². The monoisotopic (exact) mass is 337 g/mol. The summed E-state index contributed by atoms with van der Waals surface area (Å²) in [5, 5.41) is 7.11. The zero-order valence-electron chi connectivity index (χ0n) is 16.4. The smallest absolute Gasteiger partial charge is 0.191 e. The minimum atomic E-state index is 0.671. The third-order valence-electron chi connectivity index (χ3n) is 5.42. The average Bonchev–Trinajstić information content (AvgIpc) is 3.02. The van der Waals surface area contributed by atoms with E-state index in [-0.39, 0.29) is 0 Å². The fraction of sp³-hybridized carbons (Fsp3) is 0.947. The molecule has 0 bridgehead atoms. The highest BCUT2D eigenvalue weighted by atomic mass is 15.2. The van der Waals surface area contributed by atoms with Crippen molar-refractivity contribution in [1.29, 1.82) is 0 Å². The first-order valence-corrected chi connectivity index (χ1v) is 10.0. The molecule has 0 amide bonds. The molecule has 2 fully saturated rings. The summed E-state index contributed by atoms with van der Waals surface area (Å²) >= 11 is 0. The van der Waals surface area contributed by atoms with Gasteiger partial charge in [-0.25, -0.2) is 0 Å². The molecular formula is C19H39N5. The highest BCUT2D eigenvalue weighted by molar-refractivity contribution is 5.79. The molecule has 0 spiro atoms. The van der Waals surface area contributed by atoms with E-state index in [0.717, 1.165) is 37.4 Å². The van der Waals surface area contributed by atoms with Gasteiger partial charge in [-0.2, -0.15) is 0 Å². The standard InChI is InChI=1S/C19H39N5/c1-5-24-11-7-9-18(24)13-22-19(20-4)21-12-17-8-6-10-23(15-17)14-16(2)3/h16-18H,5-15H2,1-4H3,(H2,20,21,22). The number of likely N-dealkylation sites (N-methyl/N-ethyl adjacent to an activating group) is 1. The van der Waals surface area contributed by atoms with Crippen LogP contribution in [-0.4, -0.2) is 74.7 Å². The quantitative estimate of drug-likeness (QED) is 0.551. The minimum absolute atomic E-state index is 0.671. The molecule has 0 aromatic rings. The number of nitrogens with zero attached hydrogens (tertiary/aromatic N) is 3. The Balaban J connectivity index is 1.69. The predicted octanol–water partition coefficient (Wildman–Crippen LogP) is 2.00. The molecular weight excluding hydrogens is 298 g/mol. The normalized spacial score (nSPS) is 27.0. The van der Waals surface area contributed by atoms with Crippen molar-refractivity contribution in [2.24, 2.45) is 16.8 Å². The van der Waals surface area contributed by atoms with E-state index >= 15 is 0 Å². The zero-order valence-corrected chi connectivity index (χ0v) is 16.4. The van der Waals surface area contributed by atoms with Crippen LogP contribution in [0.2, 0.25) is 0 Å². The Morgan fingerprint density at radius 1 is 1.12 bits per heavy atom. The van der Waals surface area contributed by atoms with Gasteiger partial charge in [0.25, 0.3) is 0 Å². The average molecular weight is 338 g/mol. The van der Waals surface area contributed by atoms with Gasteiger partial charge >= 0.3 is 0 Å². The van der Waals surface area contributed by atoms with Gasteiger partial charge in [-0.15, -0.1) is 0 Å². The summed E-state index contributed by atoms with van der Waals surface area (Å²) in [6.07, 6.45) is 5.31. The van der Waals surface area contributed by atoms with Crippen LogP contribution in [0.4, 0.5) is 0 Å². The second-order valence-corrected chi connectivity index (χ2v) is 7.92. The maximum Gasteiger partial charge on any atom is 0.191 e. The third kappa shape index (κ3) is 6.25. The van der Waals surface area contributed by atoms with Crippen LogP contribution in [0.1, 0.15) is 46.5 Å². The van der Waals surface area contributed by atoms with Crippen LogP contribution in [-0.2, 0) is 0 Å². The van der Waals surface area contributed by atoms with E-state index in [9.17, 15) is 0 Å². The number of rotatable bonds is 7. The van der Waals surface area contributed by atoms with Crippen molar-refractivity contribution in [3.05, 3.63) is 0 Å². The summed E-state index contributed by atoms with van der Waals surface area (Å²) < 4.78 is 0. The lowest BCUT2D eigenvalue weighted by Crippen LogP contribution is -2.47. The molecule has 5 nitrogen and oxygen atoms in total. The van der Waals surface area contributed by atoms with Crippen LogP contribution in [0, 0.1) is 11.8 Å². The molecule has 2 rings (SSSR count). The SMILES string of the molecule is CCN1CCCC1CNC(=NC)NCC1CCCN(CC(C)C)C1. The summed E-state index contributed by atoms with van der Waals surface area (Å²) in [6, 6.07) is 0.671. The summed E-state index contributed by atoms with van der Waals surface area (Å²) in [5.74, 6) is 2.48. The van der Waals surface area contributed by atoms with Crippen molar-refractivity contribution in [1.82, 2.24) is 20.4 Å². The van der Waals surface area contributed by atoms with Gasteiger partial charge in [0.05, 0.1) is 0 Å². The van der Waals surface area contributed by atoms with Gasteiger partial charge in [-0.1, -0.05) is 20.8 Å². The zero-order chi connectivity index (χ0) is 17.4. The van der Waals surface area contributed by atoms with Crippen LogP contribution in [0.3, 0.4) is 0 Å². The van der Waals surface area contributed by atoms with Crippen LogP contribution in [0.15, 0.2) is 4.99 Å². The number of likely N-dealkylation sites (tertiary alicyclic amines) is 2. The molecule has 140 valence electrons. The van der Waals surface area contributed by atoms with Gasteiger partial charge in [-0.05, 0) is 57.2 Å². The number of aliphatic imine (C=N–C) groups is 1. The molecule has 5 heteroatoms. The summed E-state index contributed by atoms with van der Waals surface area (Å²) in [4.78, 5) is 9.62. The highest BCUT2D eigenvalue weighted by Gasteiger charge is 2.23. The van der Waals surface area contributed by atoms with Gasteiger partial charge in [-0.3, -0.25) is 9.89 Å². The fourth-order valence-electron chi connectivity index (χ4n) is 4.22. The van der Waals surface area contributed by atoms with Crippen molar-refractivity contribution in [2.75, 3.05) is 52.9 Å². The first kappa shape index (κ1) is 19.5. The number of guanidine groups is 1. The molecule has 2 aliphatic rings. The van der Waals surface area contributed by atoms with E-state index in [0.29, 0.717) is 6.04 Å². The lowest BCUT2D eigenvalue weighted by atomic mass is 9.97. The lowest BCUT2D eigenvalue weighted by Gasteiger charge is -2.34. The first-order valence-electron chi connectivity index (χ1n) is 10.0. The van der Waals surface area contributed by atoms with Crippen molar-refractivity contribution >= 4 is 5.96 Å². The van der Waals surface area contributed by atoms with E-state index < -0.39 is 0 Å². The third-order valence-corrected chi connectivity index (χ3v) is 5.42. The van der Waals surface area contributed by atoms with Crippen LogP contribution in [0.5, 0.6) is 0 Å². The Bertz CT molecular complexity index is 382. The second kappa shape index (κ2) is 10.2. The Labute approximate surface area is 149 Å². The summed E-state index contributed by atoms with van der Waals surface area (Å²) in [6.45, 7) is 15.1. The van der Waals surface area contributed by atoms with E-state index in [1.165, 1.54) is 51.9 Å². The van der Waals surface area contributed by atoms with E-state index in [1.807, 2.05) is 7.05 Å². The molecule has 0 aliphatic carbocycles. The number of hydrogen-bond donors (Lipinski definition) is 2. The minimum Gasteiger partial charge on any atom is -0.356 e. The van der Waals surface area contributed by atoms with Crippen molar-refractivity contribution in [2.45, 2.75) is 52.5 Å². The molecule has 2 heterocycles. The van der Waals surface area contributed by atoms with E-state index in [4.69, 9.17) is 0 Å². The van der Waals surface area contributed by atoms with Gasteiger partial charge in [0.15, 0.2) is 5.96 Å². The molecule has 2 atom stereocenters. The van der Waals surface area contributed by atoms with Gasteiger partial charge < -0.3 is 15.5 Å². The predicted molar refractivity (Wildman–Crippen MR) is 104 cm³/mol. The molecule has 0 radical (unpaired) electrons. The molecule has 2 unspecified atom stereocenters. The van der Waals surface area contributed by atoms with Gasteiger partial charge in [0.2, 0.25) is 0 Å². The summed E-state index contributed by atoms with van der Waals surface area (Å²) in [5.41, 5.74) is 0. The number of piperidine rings is 1. The molecule has 0 aromatic heterocycles. The van der Waals surface area contributed by atoms with Gasteiger partial charge in [0, 0.05) is 39.3 Å². The Morgan fingerprint density at radius 2 is 1.88 bits per heavy atom. The maximum absolute atomic E-state index is 4.41. The Kier molecular flexibility index (Phi) is 8.33. The van der Waals surface area contributed by atoms with E-state index in [2.05, 4.69) is 46.2 Å².